The standard InChI is InChI=1S/C11H15NO/c12-8-11(6-7-11)10(13)9-4-2-1-3-5-9/h1-2,9-10,13H,3-7H2. The third-order valence-electron chi connectivity index (χ3n) is 3.33. The Kier molecular flexibility index (Phi) is 2.13. The molecule has 0 heterocycles. The van der Waals surface area contributed by atoms with Crippen molar-refractivity contribution in [2.45, 2.75) is 38.2 Å². The van der Waals surface area contributed by atoms with E-state index in [1.54, 1.807) is 0 Å². The van der Waals surface area contributed by atoms with Crippen molar-refractivity contribution in [3.63, 3.8) is 0 Å². The van der Waals surface area contributed by atoms with E-state index in [4.69, 9.17) is 5.26 Å². The van der Waals surface area contributed by atoms with Gasteiger partial charge in [-0.3, -0.25) is 0 Å². The minimum Gasteiger partial charge on any atom is -0.391 e. The molecule has 1 fully saturated rings. The monoisotopic (exact) mass is 177 g/mol. The molecule has 0 aromatic carbocycles. The summed E-state index contributed by atoms with van der Waals surface area (Å²) in [4.78, 5) is 0. The molecule has 1 saturated carbocycles. The van der Waals surface area contributed by atoms with E-state index < -0.39 is 0 Å². The van der Waals surface area contributed by atoms with Crippen LogP contribution in [0.3, 0.4) is 0 Å². The van der Waals surface area contributed by atoms with Gasteiger partial charge in [-0.25, -0.2) is 0 Å². The third-order valence-corrected chi connectivity index (χ3v) is 3.33. The molecule has 70 valence electrons. The first-order valence-electron chi connectivity index (χ1n) is 5.03. The first-order chi connectivity index (χ1) is 6.28. The highest BCUT2D eigenvalue weighted by Gasteiger charge is 2.51. The molecule has 2 heteroatoms. The van der Waals surface area contributed by atoms with Crippen LogP contribution in [0.2, 0.25) is 0 Å². The molecule has 2 atom stereocenters. The summed E-state index contributed by atoms with van der Waals surface area (Å²) in [7, 11) is 0. The second-order valence-corrected chi connectivity index (χ2v) is 4.26. The van der Waals surface area contributed by atoms with Crippen molar-refractivity contribution in [2.75, 3.05) is 0 Å². The van der Waals surface area contributed by atoms with E-state index in [0.29, 0.717) is 5.92 Å². The zero-order valence-corrected chi connectivity index (χ0v) is 7.74. The van der Waals surface area contributed by atoms with Crippen LogP contribution in [0.25, 0.3) is 0 Å². The predicted octanol–water partition coefficient (Wildman–Crippen LogP) is 2.01. The highest BCUT2D eigenvalue weighted by atomic mass is 16.3. The lowest BCUT2D eigenvalue weighted by atomic mass is 9.82. The molecule has 2 aliphatic carbocycles. The van der Waals surface area contributed by atoms with Gasteiger partial charge in [0.2, 0.25) is 0 Å². The summed E-state index contributed by atoms with van der Waals surface area (Å²) in [5, 5.41) is 18.9. The fourth-order valence-corrected chi connectivity index (χ4v) is 2.16. The van der Waals surface area contributed by atoms with Crippen LogP contribution in [0.1, 0.15) is 32.1 Å². The molecular formula is C11H15NO. The van der Waals surface area contributed by atoms with E-state index in [9.17, 15) is 5.11 Å². The fraction of sp³-hybridized carbons (Fsp3) is 0.727. The maximum atomic E-state index is 10.0. The van der Waals surface area contributed by atoms with Crippen molar-refractivity contribution in [2.24, 2.45) is 11.3 Å². The molecule has 0 bridgehead atoms. The maximum Gasteiger partial charge on any atom is 0.0836 e. The van der Waals surface area contributed by atoms with Gasteiger partial charge in [-0.15, -0.1) is 0 Å². The van der Waals surface area contributed by atoms with Gasteiger partial charge in [-0.05, 0) is 38.0 Å². The van der Waals surface area contributed by atoms with Crippen molar-refractivity contribution in [1.82, 2.24) is 0 Å². The van der Waals surface area contributed by atoms with Crippen LogP contribution < -0.4 is 0 Å². The second kappa shape index (κ2) is 3.16. The Morgan fingerprint density at radius 3 is 2.69 bits per heavy atom. The smallest absolute Gasteiger partial charge is 0.0836 e. The summed E-state index contributed by atoms with van der Waals surface area (Å²) in [6.07, 6.45) is 8.74. The van der Waals surface area contributed by atoms with Gasteiger partial charge in [-0.2, -0.15) is 5.26 Å². The number of hydrogen-bond donors (Lipinski definition) is 1. The van der Waals surface area contributed by atoms with Gasteiger partial charge in [0.05, 0.1) is 17.6 Å². The molecule has 2 rings (SSSR count). The van der Waals surface area contributed by atoms with Crippen LogP contribution in [-0.4, -0.2) is 11.2 Å². The normalized spacial score (nSPS) is 32.2. The minimum absolute atomic E-state index is 0.326. The third kappa shape index (κ3) is 1.49. The summed E-state index contributed by atoms with van der Waals surface area (Å²) in [6.45, 7) is 0. The van der Waals surface area contributed by atoms with Crippen LogP contribution in [0.4, 0.5) is 0 Å². The first kappa shape index (κ1) is 8.77. The van der Waals surface area contributed by atoms with Crippen LogP contribution in [0.5, 0.6) is 0 Å². The average molecular weight is 177 g/mol. The SMILES string of the molecule is N#CC1(C(O)C2CC=CCC2)CC1. The Balaban J connectivity index is 2.01. The highest BCUT2D eigenvalue weighted by molar-refractivity contribution is 5.15. The molecule has 13 heavy (non-hydrogen) atoms. The Labute approximate surface area is 78.9 Å². The molecule has 0 aliphatic heterocycles. The van der Waals surface area contributed by atoms with Crippen molar-refractivity contribution in [3.8, 4) is 6.07 Å². The lowest BCUT2D eigenvalue weighted by molar-refractivity contribution is 0.0561. The quantitative estimate of drug-likeness (QED) is 0.656. The van der Waals surface area contributed by atoms with Gasteiger partial charge in [0, 0.05) is 0 Å². The van der Waals surface area contributed by atoms with Crippen molar-refractivity contribution in [1.29, 1.82) is 5.26 Å². The number of aliphatic hydroxyl groups is 1. The molecule has 0 spiro atoms. The number of nitriles is 1. The number of hydrogen-bond acceptors (Lipinski definition) is 2. The number of rotatable bonds is 2. The molecule has 0 radical (unpaired) electrons. The molecular weight excluding hydrogens is 162 g/mol. The van der Waals surface area contributed by atoms with E-state index in [2.05, 4.69) is 18.2 Å². The molecule has 0 aromatic heterocycles. The zero-order chi connectivity index (χ0) is 9.31. The van der Waals surface area contributed by atoms with Crippen molar-refractivity contribution >= 4 is 0 Å². The summed E-state index contributed by atoms with van der Waals surface area (Å²) in [6, 6.07) is 2.28. The van der Waals surface area contributed by atoms with Gasteiger partial charge in [-0.1, -0.05) is 12.2 Å². The summed E-state index contributed by atoms with van der Waals surface area (Å²) in [5.41, 5.74) is -0.365. The van der Waals surface area contributed by atoms with Crippen LogP contribution in [0.15, 0.2) is 12.2 Å². The summed E-state index contributed by atoms with van der Waals surface area (Å²) < 4.78 is 0. The van der Waals surface area contributed by atoms with Crippen LogP contribution in [-0.2, 0) is 0 Å². The Morgan fingerprint density at radius 1 is 1.46 bits per heavy atom. The van der Waals surface area contributed by atoms with Gasteiger partial charge in [0.25, 0.3) is 0 Å². The molecule has 2 nitrogen and oxygen atoms in total. The maximum absolute atomic E-state index is 10.0. The van der Waals surface area contributed by atoms with Crippen LogP contribution in [0, 0.1) is 22.7 Å². The summed E-state index contributed by atoms with van der Waals surface area (Å²) in [5.74, 6) is 0.326. The zero-order valence-electron chi connectivity index (χ0n) is 7.74. The van der Waals surface area contributed by atoms with Gasteiger partial charge >= 0.3 is 0 Å². The van der Waals surface area contributed by atoms with Gasteiger partial charge in [0.1, 0.15) is 0 Å². The number of allylic oxidation sites excluding steroid dienone is 2. The molecule has 2 aliphatic rings. The lowest BCUT2D eigenvalue weighted by Crippen LogP contribution is -2.30. The second-order valence-electron chi connectivity index (χ2n) is 4.26. The molecule has 0 amide bonds. The van der Waals surface area contributed by atoms with Crippen LogP contribution >= 0.6 is 0 Å². The molecule has 0 saturated heterocycles. The molecule has 2 unspecified atom stereocenters. The van der Waals surface area contributed by atoms with E-state index in [0.717, 1.165) is 32.1 Å². The average Bonchev–Trinajstić information content (AvgIpc) is 2.99. The molecule has 0 aromatic rings. The van der Waals surface area contributed by atoms with E-state index in [-0.39, 0.29) is 11.5 Å². The Morgan fingerprint density at radius 2 is 2.23 bits per heavy atom. The number of aliphatic hydroxyl groups excluding tert-OH is 1. The topological polar surface area (TPSA) is 44.0 Å². The molecule has 1 N–H and O–H groups in total. The van der Waals surface area contributed by atoms with Crippen molar-refractivity contribution < 1.29 is 5.11 Å². The van der Waals surface area contributed by atoms with E-state index in [1.165, 1.54) is 0 Å². The Hall–Kier alpha value is -0.810. The predicted molar refractivity (Wildman–Crippen MR) is 49.8 cm³/mol. The fourth-order valence-electron chi connectivity index (χ4n) is 2.16. The van der Waals surface area contributed by atoms with Gasteiger partial charge in [0.15, 0.2) is 0 Å². The minimum atomic E-state index is -0.387. The lowest BCUT2D eigenvalue weighted by Gasteiger charge is -2.26. The van der Waals surface area contributed by atoms with E-state index >= 15 is 0 Å². The largest absolute Gasteiger partial charge is 0.391 e. The van der Waals surface area contributed by atoms with Gasteiger partial charge < -0.3 is 5.11 Å². The first-order valence-corrected chi connectivity index (χ1v) is 5.03. The number of nitrogens with zero attached hydrogens (tertiary/aromatic N) is 1. The summed E-state index contributed by atoms with van der Waals surface area (Å²) >= 11 is 0. The van der Waals surface area contributed by atoms with E-state index in [1.807, 2.05) is 0 Å². The van der Waals surface area contributed by atoms with Crippen molar-refractivity contribution in [3.05, 3.63) is 12.2 Å². The Bertz CT molecular complexity index is 260. The highest BCUT2D eigenvalue weighted by Crippen LogP contribution is 2.51.